The summed E-state index contributed by atoms with van der Waals surface area (Å²) in [4.78, 5) is 0. The fraction of sp³-hybridized carbons (Fsp3) is 0.190. The van der Waals surface area contributed by atoms with Crippen LogP contribution in [-0.4, -0.2) is 42.7 Å². The van der Waals surface area contributed by atoms with Gasteiger partial charge in [0.2, 0.25) is 0 Å². The first-order valence-electron chi connectivity index (χ1n) is 8.89. The van der Waals surface area contributed by atoms with Gasteiger partial charge in [0.05, 0.1) is 20.2 Å². The monoisotopic (exact) mass is 524 g/mol. The van der Waals surface area contributed by atoms with Crippen molar-refractivity contribution in [2.24, 2.45) is 0 Å². The standard InChI is InChI=1S/2C9H7.2CH4O3S.CH2.Zr/c2*1-2-5-9-7-3-6-8(9)4-1;2*1-5(2,3)4;;/h2*1-7H;2*1H3,(H,2,3,4);1H2;/q;;;;;+2/p-2. The number of fused-ring (bicyclic) bond motifs is 2. The molecule has 2 aliphatic rings. The van der Waals surface area contributed by atoms with Crippen LogP contribution in [0.15, 0.2) is 60.7 Å². The molecule has 0 saturated heterocycles. The summed E-state index contributed by atoms with van der Waals surface area (Å²) < 4.78 is 60.4. The van der Waals surface area contributed by atoms with Crippen molar-refractivity contribution in [2.75, 3.05) is 12.5 Å². The van der Waals surface area contributed by atoms with Gasteiger partial charge >= 0.3 is 128 Å². The van der Waals surface area contributed by atoms with Crippen molar-refractivity contribution in [1.82, 2.24) is 0 Å². The molecule has 0 heterocycles. The van der Waals surface area contributed by atoms with Gasteiger partial charge in [-0.15, -0.1) is 0 Å². The van der Waals surface area contributed by atoms with Crippen molar-refractivity contribution < 1.29 is 47.2 Å². The van der Waals surface area contributed by atoms with Crippen LogP contribution in [0.25, 0.3) is 12.2 Å². The molecule has 2 aromatic rings. The van der Waals surface area contributed by atoms with E-state index in [1.807, 2.05) is 0 Å². The zero-order valence-corrected chi connectivity index (χ0v) is 20.6. The first kappa shape index (κ1) is 24.8. The van der Waals surface area contributed by atoms with Crippen LogP contribution in [0.1, 0.15) is 29.5 Å². The molecule has 2 aromatic carbocycles. The van der Waals surface area contributed by atoms with Crippen molar-refractivity contribution >= 4 is 36.6 Å². The Balaban J connectivity index is 0.000000271. The van der Waals surface area contributed by atoms with E-state index in [-0.39, 0.29) is 0 Å². The number of benzene rings is 2. The number of hydrogen-bond acceptors (Lipinski definition) is 6. The second kappa shape index (κ2) is 10.2. The SMILES string of the molecule is CS(=O)(=O)[O-].CS(=O)(=O)[O-].[CH2]=[Zr+2]([CH]1C=Cc2ccccc21)[CH]1C=Cc2ccccc21. The summed E-state index contributed by atoms with van der Waals surface area (Å²) in [6.45, 7) is 0. The second-order valence-corrected chi connectivity index (χ2v) is 15.6. The van der Waals surface area contributed by atoms with E-state index < -0.39 is 41.5 Å². The molecule has 6 nitrogen and oxygen atoms in total. The minimum absolute atomic E-state index is 0.604. The zero-order chi connectivity index (χ0) is 22.5. The van der Waals surface area contributed by atoms with E-state index in [1.165, 1.54) is 22.3 Å². The molecule has 0 aromatic heterocycles. The Kier molecular flexibility index (Phi) is 8.42. The molecule has 0 N–H and O–H groups in total. The summed E-state index contributed by atoms with van der Waals surface area (Å²) in [6, 6.07) is 17.6. The van der Waals surface area contributed by atoms with Crippen molar-refractivity contribution in [3.05, 3.63) is 82.9 Å². The first-order chi connectivity index (χ1) is 13.8. The molecule has 0 radical (unpaired) electrons. The van der Waals surface area contributed by atoms with Gasteiger partial charge in [-0.05, 0) is 0 Å². The van der Waals surface area contributed by atoms with Gasteiger partial charge in [0, 0.05) is 12.5 Å². The van der Waals surface area contributed by atoms with Crippen LogP contribution >= 0.6 is 0 Å². The van der Waals surface area contributed by atoms with Crippen molar-refractivity contribution in [3.8, 4) is 0 Å². The molecule has 9 heteroatoms. The van der Waals surface area contributed by atoms with Crippen LogP contribution in [0.3, 0.4) is 0 Å². The van der Waals surface area contributed by atoms with E-state index in [4.69, 9.17) is 30.2 Å². The Morgan fingerprint density at radius 2 is 1.03 bits per heavy atom. The number of hydrogen-bond donors (Lipinski definition) is 0. The molecule has 4 rings (SSSR count). The van der Waals surface area contributed by atoms with Gasteiger partial charge in [-0.3, -0.25) is 0 Å². The average molecular weight is 526 g/mol. The summed E-state index contributed by atoms with van der Waals surface area (Å²) in [7, 11) is -7.83. The van der Waals surface area contributed by atoms with E-state index in [2.05, 4.69) is 72.8 Å². The quantitative estimate of drug-likeness (QED) is 0.557. The first-order valence-corrected chi connectivity index (χ1v) is 17.1. The summed E-state index contributed by atoms with van der Waals surface area (Å²) in [5.41, 5.74) is 5.81. The molecule has 158 valence electrons. The number of allylic oxidation sites excluding steroid dienone is 2. The second-order valence-electron chi connectivity index (χ2n) is 6.91. The van der Waals surface area contributed by atoms with Gasteiger partial charge in [0.25, 0.3) is 0 Å². The van der Waals surface area contributed by atoms with E-state index in [9.17, 15) is 0 Å². The van der Waals surface area contributed by atoms with Crippen molar-refractivity contribution in [2.45, 2.75) is 7.25 Å². The summed E-state index contributed by atoms with van der Waals surface area (Å²) in [5.74, 6) is 0. The molecule has 2 unspecified atom stereocenters. The molecule has 0 bridgehead atoms. The Bertz CT molecular complexity index is 1090. The van der Waals surface area contributed by atoms with Gasteiger partial charge in [0.1, 0.15) is 0 Å². The predicted molar refractivity (Wildman–Crippen MR) is 115 cm³/mol. The van der Waals surface area contributed by atoms with Gasteiger partial charge in [-0.25, -0.2) is 16.8 Å². The van der Waals surface area contributed by atoms with Gasteiger partial charge in [0.15, 0.2) is 0 Å². The summed E-state index contributed by atoms with van der Waals surface area (Å²) in [6.07, 6.45) is 10.6. The fourth-order valence-electron chi connectivity index (χ4n) is 3.34. The molecule has 0 spiro atoms. The Morgan fingerprint density at radius 3 is 1.37 bits per heavy atom. The third kappa shape index (κ3) is 7.97. The maximum absolute atomic E-state index is 9.08. The molecule has 0 fully saturated rings. The fourth-order valence-corrected chi connectivity index (χ4v) is 9.23. The Morgan fingerprint density at radius 1 is 0.733 bits per heavy atom. The van der Waals surface area contributed by atoms with E-state index in [0.717, 1.165) is 0 Å². The topological polar surface area (TPSA) is 114 Å². The van der Waals surface area contributed by atoms with E-state index in [0.29, 0.717) is 19.8 Å². The molecular weight excluding hydrogens is 504 g/mol. The normalized spacial score (nSPS) is 18.1. The van der Waals surface area contributed by atoms with Crippen LogP contribution in [0, 0.1) is 0 Å². The molecule has 0 saturated carbocycles. The Hall–Kier alpha value is -1.51. The van der Waals surface area contributed by atoms with Crippen molar-refractivity contribution in [3.63, 3.8) is 0 Å². The molecule has 2 atom stereocenters. The molecule has 0 amide bonds. The van der Waals surface area contributed by atoms with Crippen LogP contribution < -0.4 is 0 Å². The van der Waals surface area contributed by atoms with Crippen LogP contribution in [-0.2, 0) is 41.5 Å². The zero-order valence-electron chi connectivity index (χ0n) is 16.6. The average Bonchev–Trinajstić information content (AvgIpc) is 3.23. The third-order valence-corrected chi connectivity index (χ3v) is 10.8. The third-order valence-electron chi connectivity index (χ3n) is 4.40. The number of rotatable bonds is 2. The minimum atomic E-state index is -3.92. The predicted octanol–water partition coefficient (Wildman–Crippen LogP) is 2.90. The van der Waals surface area contributed by atoms with Gasteiger partial charge < -0.3 is 9.11 Å². The van der Waals surface area contributed by atoms with E-state index in [1.54, 1.807) is 0 Å². The van der Waals surface area contributed by atoms with E-state index >= 15 is 0 Å². The maximum atomic E-state index is 9.08. The summed E-state index contributed by atoms with van der Waals surface area (Å²) >= 11 is -1.85. The van der Waals surface area contributed by atoms with Gasteiger partial charge in [-0.1, -0.05) is 0 Å². The summed E-state index contributed by atoms with van der Waals surface area (Å²) in [5, 5.41) is 0. The van der Waals surface area contributed by atoms with Gasteiger partial charge in [-0.2, -0.15) is 0 Å². The molecular formula is C21H22O6S2Zr. The molecule has 30 heavy (non-hydrogen) atoms. The Labute approximate surface area is 185 Å². The molecule has 0 aliphatic heterocycles. The molecule has 2 aliphatic carbocycles. The van der Waals surface area contributed by atoms with Crippen LogP contribution in [0.4, 0.5) is 0 Å². The van der Waals surface area contributed by atoms with Crippen LogP contribution in [0.5, 0.6) is 0 Å². The van der Waals surface area contributed by atoms with Crippen molar-refractivity contribution in [1.29, 1.82) is 0 Å². The van der Waals surface area contributed by atoms with Crippen LogP contribution in [0.2, 0.25) is 0 Å².